The average Bonchev–Trinajstić information content (AvgIpc) is 0.760. The molecule has 28 nitrogen and oxygen atoms in total. The Bertz CT molecular complexity index is 3790. The van der Waals surface area contributed by atoms with Crippen molar-refractivity contribution in [3.63, 3.8) is 0 Å². The Balaban J connectivity index is 1.14. The summed E-state index contributed by atoms with van der Waals surface area (Å²) in [5, 5.41) is 0. The lowest BCUT2D eigenvalue weighted by Crippen LogP contribution is -2.69. The minimum atomic E-state index is -2.05. The van der Waals surface area contributed by atoms with Crippen LogP contribution in [-0.2, 0) is 173 Å². The molecule has 4 aliphatic heterocycles. The Morgan fingerprint density at radius 1 is 0.257 bits per heavy atom. The van der Waals surface area contributed by atoms with Gasteiger partial charge in [-0.05, 0) is 33.4 Å². The van der Waals surface area contributed by atoms with Gasteiger partial charge in [-0.25, -0.2) is 0 Å². The van der Waals surface area contributed by atoms with E-state index in [1.165, 1.54) is 7.11 Å². The topological polar surface area (TPSA) is 313 Å². The fraction of sp³-hybridized carbons (Fsp3) is 0.469. The molecule has 0 amide bonds. The van der Waals surface area contributed by atoms with E-state index in [0.717, 1.165) is 76.3 Å². The molecule has 4 fully saturated rings. The first-order valence-electron chi connectivity index (χ1n) is 35.9. The summed E-state index contributed by atoms with van der Waals surface area (Å²) in [6.07, 6.45) is -31.2. The van der Waals surface area contributed by atoms with Crippen LogP contribution >= 0.6 is 0 Å². The maximum absolute atomic E-state index is 13.8. The van der Waals surface area contributed by atoms with Gasteiger partial charge in [0.25, 0.3) is 0 Å². The standard InChI is InChI=1S/C81H94O28/c1-49(82)92-47-64-68(98-51(3)84)72(100-53(5)86)76(102-55(7)88)80(105-64)109-77-73(101-54(6)87)69(99-52(4)85)65(48-93-50(2)83)106-81(77)108-75-71(96-43-60-35-23-13-24-36-60)67(63(103-78(75)89-8)46-91-40-57-29-17-10-18-30-57)107-79-74(97-44-61-37-25-14-26-38-61)70(95-42-59-33-21-12-22-34-59)66(94-41-58-31-19-11-20-32-58)62(104-79)45-90-39-56-27-15-9-16-28-56/h9-38,62-81H,39-48H2,1-8H3/t62-,63-,64-,65-,66+,67-,68-,69-,70+,71+,72+,73+,74-,75+,76+,77+,78-,79+,80-,81-/m1/s1. The minimum absolute atomic E-state index is 0.00299. The number of rotatable bonds is 36. The van der Waals surface area contributed by atoms with Gasteiger partial charge in [-0.1, -0.05) is 182 Å². The zero-order chi connectivity index (χ0) is 77.2. The van der Waals surface area contributed by atoms with Crippen LogP contribution in [0.4, 0.5) is 0 Å². The van der Waals surface area contributed by atoms with Gasteiger partial charge in [-0.15, -0.1) is 0 Å². The summed E-state index contributed by atoms with van der Waals surface area (Å²) in [6.45, 7) is 6.04. The second kappa shape index (κ2) is 41.7. The van der Waals surface area contributed by atoms with Crippen LogP contribution in [0.25, 0.3) is 0 Å². The summed E-state index contributed by atoms with van der Waals surface area (Å²) in [5.74, 6) is -6.44. The fourth-order valence-corrected chi connectivity index (χ4v) is 13.1. The van der Waals surface area contributed by atoms with Gasteiger partial charge < -0.3 is 99.5 Å². The highest BCUT2D eigenvalue weighted by atomic mass is 16.8. The molecule has 0 unspecified atom stereocenters. The molecule has 4 aliphatic rings. The highest BCUT2D eigenvalue weighted by Gasteiger charge is 2.61. The van der Waals surface area contributed by atoms with Crippen molar-refractivity contribution >= 4 is 41.8 Å². The molecule has 0 bridgehead atoms. The van der Waals surface area contributed by atoms with Crippen molar-refractivity contribution in [3.05, 3.63) is 215 Å². The van der Waals surface area contributed by atoms with Gasteiger partial charge in [-0.3, -0.25) is 33.6 Å². The second-order valence-corrected chi connectivity index (χ2v) is 26.2. The molecule has 4 heterocycles. The average molecular weight is 1520 g/mol. The highest BCUT2D eigenvalue weighted by molar-refractivity contribution is 5.69. The quantitative estimate of drug-likeness (QED) is 0.0264. The van der Waals surface area contributed by atoms with E-state index < -0.39 is 178 Å². The molecular formula is C81H94O28. The first-order chi connectivity index (χ1) is 52.8. The Morgan fingerprint density at radius 2 is 0.514 bits per heavy atom. The largest absolute Gasteiger partial charge is 0.463 e. The molecule has 4 saturated heterocycles. The van der Waals surface area contributed by atoms with E-state index in [0.29, 0.717) is 5.56 Å². The molecule has 0 spiro atoms. The molecule has 109 heavy (non-hydrogen) atoms. The van der Waals surface area contributed by atoms with Gasteiger partial charge in [0.05, 0.1) is 52.9 Å². The number of esters is 7. The van der Waals surface area contributed by atoms with E-state index in [1.807, 2.05) is 182 Å². The smallest absolute Gasteiger partial charge is 0.303 e. The van der Waals surface area contributed by atoms with Crippen LogP contribution in [0.3, 0.4) is 0 Å². The number of carbonyl (C=O) groups excluding carboxylic acids is 7. The maximum atomic E-state index is 13.8. The van der Waals surface area contributed by atoms with Crippen molar-refractivity contribution in [1.29, 1.82) is 0 Å². The molecule has 0 radical (unpaired) electrons. The van der Waals surface area contributed by atoms with Crippen LogP contribution in [0.2, 0.25) is 0 Å². The third-order valence-electron chi connectivity index (χ3n) is 17.8. The van der Waals surface area contributed by atoms with E-state index in [9.17, 15) is 33.6 Å². The van der Waals surface area contributed by atoms with Gasteiger partial charge in [0.1, 0.15) is 74.3 Å². The van der Waals surface area contributed by atoms with Crippen molar-refractivity contribution < 1.29 is 133 Å². The summed E-state index contributed by atoms with van der Waals surface area (Å²) < 4.78 is 138. The number of benzene rings is 6. The van der Waals surface area contributed by atoms with Crippen LogP contribution in [-0.4, -0.2) is 198 Å². The third-order valence-corrected chi connectivity index (χ3v) is 17.8. The highest BCUT2D eigenvalue weighted by Crippen LogP contribution is 2.41. The van der Waals surface area contributed by atoms with E-state index >= 15 is 0 Å². The fourth-order valence-electron chi connectivity index (χ4n) is 13.1. The predicted octanol–water partition coefficient (Wildman–Crippen LogP) is 8.25. The van der Waals surface area contributed by atoms with Crippen molar-refractivity contribution in [2.45, 2.75) is 211 Å². The summed E-state index contributed by atoms with van der Waals surface area (Å²) in [4.78, 5) is 92.1. The molecule has 6 aromatic rings. The van der Waals surface area contributed by atoms with Crippen LogP contribution < -0.4 is 0 Å². The summed E-state index contributed by atoms with van der Waals surface area (Å²) in [5.41, 5.74) is 4.84. The molecule has 0 aromatic heterocycles. The molecule has 20 atom stereocenters. The van der Waals surface area contributed by atoms with Crippen molar-refractivity contribution in [3.8, 4) is 0 Å². The lowest BCUT2D eigenvalue weighted by molar-refractivity contribution is -0.406. The zero-order valence-electron chi connectivity index (χ0n) is 61.9. The van der Waals surface area contributed by atoms with Crippen LogP contribution in [0.1, 0.15) is 81.8 Å². The normalized spacial score (nSPS) is 28.1. The number of hydrogen-bond acceptors (Lipinski definition) is 28. The van der Waals surface area contributed by atoms with Gasteiger partial charge in [0.15, 0.2) is 61.8 Å². The minimum Gasteiger partial charge on any atom is -0.463 e. The summed E-state index contributed by atoms with van der Waals surface area (Å²) in [7, 11) is 1.34. The Hall–Kier alpha value is -8.95. The van der Waals surface area contributed by atoms with Gasteiger partial charge in [-0.2, -0.15) is 0 Å². The zero-order valence-corrected chi connectivity index (χ0v) is 61.9. The number of ether oxygens (including phenoxy) is 21. The monoisotopic (exact) mass is 1510 g/mol. The Kier molecular flexibility index (Phi) is 31.6. The Labute approximate surface area is 632 Å². The Morgan fingerprint density at radius 3 is 0.872 bits per heavy atom. The van der Waals surface area contributed by atoms with E-state index in [-0.39, 0.29) is 52.9 Å². The first kappa shape index (κ1) is 82.5. The van der Waals surface area contributed by atoms with Gasteiger partial charge in [0.2, 0.25) is 0 Å². The molecule has 0 saturated carbocycles. The van der Waals surface area contributed by atoms with Crippen LogP contribution in [0, 0.1) is 0 Å². The number of carbonyl (C=O) groups is 7. The van der Waals surface area contributed by atoms with Gasteiger partial charge >= 0.3 is 41.8 Å². The number of hydrogen-bond donors (Lipinski definition) is 0. The van der Waals surface area contributed by atoms with E-state index in [1.54, 1.807) is 0 Å². The lowest BCUT2D eigenvalue weighted by atomic mass is 9.94. The van der Waals surface area contributed by atoms with Crippen LogP contribution in [0.15, 0.2) is 182 Å². The molecule has 0 aliphatic carbocycles. The SMILES string of the molecule is CO[C@@H]1O[C@H](COCc2ccccc2)[C@@H](O[C@@H]2O[C@H](COCc3ccccc3)[C@H](OCc3ccccc3)[C@H](OCc3ccccc3)[C@H]2OCc2ccccc2)[C@H](OCc2ccccc2)[C@@H]1O[C@H]1O[C@H](COC(C)=O)[C@@H](OC(C)=O)[C@H](OC(C)=O)[C@@H]1O[C@H]1O[C@H](COC(C)=O)[C@@H](OC(C)=O)[C@H](OC(C)=O)[C@@H]1OC(C)=O. The molecule has 28 heteroatoms. The van der Waals surface area contributed by atoms with Crippen LogP contribution in [0.5, 0.6) is 0 Å². The third kappa shape index (κ3) is 24.5. The predicted molar refractivity (Wildman–Crippen MR) is 380 cm³/mol. The maximum Gasteiger partial charge on any atom is 0.303 e. The molecule has 586 valence electrons. The molecule has 6 aromatic carbocycles. The second-order valence-electron chi connectivity index (χ2n) is 26.2. The van der Waals surface area contributed by atoms with E-state index in [4.69, 9.17) is 99.5 Å². The number of methoxy groups -OCH3 is 1. The first-order valence-corrected chi connectivity index (χ1v) is 35.9. The van der Waals surface area contributed by atoms with Crippen molar-refractivity contribution in [2.75, 3.05) is 33.5 Å². The summed E-state index contributed by atoms with van der Waals surface area (Å²) >= 11 is 0. The summed E-state index contributed by atoms with van der Waals surface area (Å²) in [6, 6.07) is 56.9. The van der Waals surface area contributed by atoms with Crippen molar-refractivity contribution in [2.24, 2.45) is 0 Å². The molecule has 10 rings (SSSR count). The lowest BCUT2D eigenvalue weighted by Gasteiger charge is -2.52. The molecule has 0 N–H and O–H groups in total. The van der Waals surface area contributed by atoms with Crippen molar-refractivity contribution in [1.82, 2.24) is 0 Å². The van der Waals surface area contributed by atoms with E-state index in [2.05, 4.69) is 0 Å². The van der Waals surface area contributed by atoms with Gasteiger partial charge in [0, 0.05) is 55.6 Å². The molecular weight excluding hydrogens is 1420 g/mol.